The fourth-order valence-corrected chi connectivity index (χ4v) is 3.53. The average Bonchev–Trinajstić information content (AvgIpc) is 2.55. The third-order valence-corrected chi connectivity index (χ3v) is 5.70. The number of ether oxygens (including phenoxy) is 1. The third kappa shape index (κ3) is 4.60. The second-order valence-corrected chi connectivity index (χ2v) is 7.77. The molecule has 136 valence electrons. The summed E-state index contributed by atoms with van der Waals surface area (Å²) in [7, 11) is 0.593. The maximum absolute atomic E-state index is 12.4. The summed E-state index contributed by atoms with van der Waals surface area (Å²) in [6.45, 7) is 1.74. The van der Waals surface area contributed by atoms with Crippen molar-refractivity contribution in [3.63, 3.8) is 0 Å². The number of carbonyl (C=O) groups excluding carboxylic acids is 1. The van der Waals surface area contributed by atoms with Gasteiger partial charge in [-0.25, -0.2) is 12.7 Å². The van der Waals surface area contributed by atoms with Crippen LogP contribution in [-0.2, 0) is 10.0 Å². The number of nitrogens with zero attached hydrogens (tertiary/aromatic N) is 1. The number of benzene rings is 1. The molecule has 1 fully saturated rings. The molecule has 1 saturated heterocycles. The summed E-state index contributed by atoms with van der Waals surface area (Å²) in [5.74, 6) is -0.0492. The number of carbonyl (C=O) groups is 1. The predicted molar refractivity (Wildman–Crippen MR) is 94.5 cm³/mol. The molecule has 24 heavy (non-hydrogen) atoms. The van der Waals surface area contributed by atoms with Gasteiger partial charge in [0.05, 0.1) is 7.11 Å². The summed E-state index contributed by atoms with van der Waals surface area (Å²) in [4.78, 5) is 12.4. The molecule has 0 bridgehead atoms. The largest absolute Gasteiger partial charge is 0.495 e. The second kappa shape index (κ2) is 8.66. The zero-order valence-corrected chi connectivity index (χ0v) is 15.7. The van der Waals surface area contributed by atoms with E-state index < -0.39 is 10.0 Å². The number of sulfonamides is 1. The smallest absolute Gasteiger partial charge is 0.251 e. The molecule has 0 atom stereocenters. The van der Waals surface area contributed by atoms with Gasteiger partial charge in [-0.2, -0.15) is 0 Å². The van der Waals surface area contributed by atoms with Gasteiger partial charge in [-0.15, -0.1) is 12.4 Å². The fraction of sp³-hybridized carbons (Fsp3) is 0.533. The molecule has 1 aromatic carbocycles. The van der Waals surface area contributed by atoms with E-state index in [0.717, 1.165) is 30.2 Å². The molecule has 0 saturated carbocycles. The maximum Gasteiger partial charge on any atom is 0.251 e. The van der Waals surface area contributed by atoms with Crippen LogP contribution >= 0.6 is 12.4 Å². The van der Waals surface area contributed by atoms with Crippen LogP contribution in [0.3, 0.4) is 0 Å². The zero-order chi connectivity index (χ0) is 17.0. The zero-order valence-electron chi connectivity index (χ0n) is 14.0. The van der Waals surface area contributed by atoms with Gasteiger partial charge < -0.3 is 15.4 Å². The summed E-state index contributed by atoms with van der Waals surface area (Å²) < 4.78 is 31.0. The molecule has 1 aliphatic heterocycles. The Kier molecular flexibility index (Phi) is 7.47. The number of rotatable bonds is 5. The Morgan fingerprint density at radius 1 is 1.29 bits per heavy atom. The lowest BCUT2D eigenvalue weighted by Crippen LogP contribution is -2.42. The van der Waals surface area contributed by atoms with Crippen molar-refractivity contribution in [3.8, 4) is 5.75 Å². The van der Waals surface area contributed by atoms with Crippen LogP contribution in [0.1, 0.15) is 23.2 Å². The van der Waals surface area contributed by atoms with Gasteiger partial charge in [0.2, 0.25) is 10.0 Å². The number of methoxy groups -OCH3 is 1. The lowest BCUT2D eigenvalue weighted by molar-refractivity contribution is 0.0929. The summed E-state index contributed by atoms with van der Waals surface area (Å²) >= 11 is 0. The standard InChI is InChI=1S/C15H23N3O4S.ClH/c1-18(2)23(20,21)14-10-11(4-5-13(14)22-3)15(19)17-12-6-8-16-9-7-12;/h4-5,10,12,16H,6-9H2,1-3H3,(H,17,19);1H. The summed E-state index contributed by atoms with van der Waals surface area (Å²) in [6.07, 6.45) is 1.73. The highest BCUT2D eigenvalue weighted by Crippen LogP contribution is 2.27. The molecule has 0 aromatic heterocycles. The van der Waals surface area contributed by atoms with Gasteiger partial charge in [-0.1, -0.05) is 0 Å². The Balaban J connectivity index is 0.00000288. The number of amides is 1. The number of hydrogen-bond donors (Lipinski definition) is 2. The van der Waals surface area contributed by atoms with E-state index in [1.807, 2.05) is 0 Å². The van der Waals surface area contributed by atoms with E-state index in [2.05, 4.69) is 10.6 Å². The SMILES string of the molecule is COc1ccc(C(=O)NC2CCNCC2)cc1S(=O)(=O)N(C)C.Cl. The van der Waals surface area contributed by atoms with E-state index in [-0.39, 0.29) is 35.0 Å². The van der Waals surface area contributed by atoms with Crippen LogP contribution in [0, 0.1) is 0 Å². The first-order valence-electron chi connectivity index (χ1n) is 7.48. The molecule has 0 aliphatic carbocycles. The first-order chi connectivity index (χ1) is 10.9. The Morgan fingerprint density at radius 3 is 2.46 bits per heavy atom. The molecular formula is C15H24ClN3O4S. The van der Waals surface area contributed by atoms with Crippen LogP contribution in [0.15, 0.2) is 23.1 Å². The first-order valence-corrected chi connectivity index (χ1v) is 8.92. The van der Waals surface area contributed by atoms with Crippen molar-refractivity contribution in [2.75, 3.05) is 34.3 Å². The molecule has 7 nitrogen and oxygen atoms in total. The normalized spacial score (nSPS) is 15.7. The Hall–Kier alpha value is -1.35. The van der Waals surface area contributed by atoms with Crippen molar-refractivity contribution in [2.24, 2.45) is 0 Å². The van der Waals surface area contributed by atoms with Crippen molar-refractivity contribution in [2.45, 2.75) is 23.8 Å². The van der Waals surface area contributed by atoms with Crippen LogP contribution in [-0.4, -0.2) is 59.0 Å². The highest BCUT2D eigenvalue weighted by molar-refractivity contribution is 7.89. The van der Waals surface area contributed by atoms with Crippen molar-refractivity contribution in [1.29, 1.82) is 0 Å². The molecule has 2 N–H and O–H groups in total. The van der Waals surface area contributed by atoms with Gasteiger partial charge in [0.15, 0.2) is 0 Å². The number of piperidine rings is 1. The highest BCUT2D eigenvalue weighted by atomic mass is 35.5. The predicted octanol–water partition coefficient (Wildman–Crippen LogP) is 0.849. The molecule has 0 unspecified atom stereocenters. The molecule has 2 rings (SSSR count). The van der Waals surface area contributed by atoms with Crippen LogP contribution in [0.25, 0.3) is 0 Å². The second-order valence-electron chi connectivity index (χ2n) is 5.65. The lowest BCUT2D eigenvalue weighted by atomic mass is 10.1. The minimum atomic E-state index is -3.69. The molecular weight excluding hydrogens is 354 g/mol. The Morgan fingerprint density at radius 2 is 1.92 bits per heavy atom. The van der Waals surface area contributed by atoms with Crippen molar-refractivity contribution < 1.29 is 17.9 Å². The minimum Gasteiger partial charge on any atom is -0.495 e. The van der Waals surface area contributed by atoms with E-state index in [4.69, 9.17) is 4.74 Å². The van der Waals surface area contributed by atoms with Crippen molar-refractivity contribution in [1.82, 2.24) is 14.9 Å². The van der Waals surface area contributed by atoms with E-state index in [1.165, 1.54) is 33.3 Å². The number of halogens is 1. The average molecular weight is 378 g/mol. The van der Waals surface area contributed by atoms with E-state index in [9.17, 15) is 13.2 Å². The van der Waals surface area contributed by atoms with Gasteiger partial charge in [0.25, 0.3) is 5.91 Å². The van der Waals surface area contributed by atoms with Crippen LogP contribution in [0.4, 0.5) is 0 Å². The first kappa shape index (κ1) is 20.7. The summed E-state index contributed by atoms with van der Waals surface area (Å²) in [6, 6.07) is 4.56. The monoisotopic (exact) mass is 377 g/mol. The minimum absolute atomic E-state index is 0. The number of hydrogen-bond acceptors (Lipinski definition) is 5. The Labute approximate surface area is 149 Å². The Bertz CT molecular complexity index is 673. The lowest BCUT2D eigenvalue weighted by Gasteiger charge is -2.24. The van der Waals surface area contributed by atoms with Crippen molar-refractivity contribution in [3.05, 3.63) is 23.8 Å². The molecule has 1 amide bonds. The number of nitrogens with one attached hydrogen (secondary N) is 2. The van der Waals surface area contributed by atoms with E-state index in [1.54, 1.807) is 6.07 Å². The topological polar surface area (TPSA) is 87.7 Å². The molecule has 1 heterocycles. The van der Waals surface area contributed by atoms with Crippen LogP contribution < -0.4 is 15.4 Å². The van der Waals surface area contributed by atoms with Crippen LogP contribution in [0.2, 0.25) is 0 Å². The molecule has 9 heteroatoms. The molecule has 1 aromatic rings. The maximum atomic E-state index is 12.4. The van der Waals surface area contributed by atoms with Crippen molar-refractivity contribution >= 4 is 28.3 Å². The fourth-order valence-electron chi connectivity index (χ4n) is 2.45. The van der Waals surface area contributed by atoms with E-state index in [0.29, 0.717) is 5.56 Å². The molecule has 1 aliphatic rings. The third-order valence-electron chi connectivity index (χ3n) is 3.86. The van der Waals surface area contributed by atoms with Gasteiger partial charge >= 0.3 is 0 Å². The quantitative estimate of drug-likeness (QED) is 0.794. The van der Waals surface area contributed by atoms with Gasteiger partial charge in [0.1, 0.15) is 10.6 Å². The summed E-state index contributed by atoms with van der Waals surface area (Å²) in [5.41, 5.74) is 0.310. The van der Waals surface area contributed by atoms with Crippen LogP contribution in [0.5, 0.6) is 5.75 Å². The van der Waals surface area contributed by atoms with E-state index >= 15 is 0 Å². The van der Waals surface area contributed by atoms with Gasteiger partial charge in [0, 0.05) is 25.7 Å². The van der Waals surface area contributed by atoms with Gasteiger partial charge in [-0.3, -0.25) is 4.79 Å². The molecule has 0 spiro atoms. The molecule has 0 radical (unpaired) electrons. The van der Waals surface area contributed by atoms with Gasteiger partial charge in [-0.05, 0) is 44.1 Å². The summed E-state index contributed by atoms with van der Waals surface area (Å²) in [5, 5.41) is 6.18. The highest BCUT2D eigenvalue weighted by Gasteiger charge is 2.24.